The summed E-state index contributed by atoms with van der Waals surface area (Å²) in [4.78, 5) is 24.3. The van der Waals surface area contributed by atoms with Gasteiger partial charge in [-0.15, -0.1) is 0 Å². The van der Waals surface area contributed by atoms with Crippen LogP contribution in [0.5, 0.6) is 0 Å². The van der Waals surface area contributed by atoms with Crippen molar-refractivity contribution in [1.82, 2.24) is 5.32 Å². The minimum atomic E-state index is -1.39. The largest absolute Gasteiger partial charge is 0.456 e. The summed E-state index contributed by atoms with van der Waals surface area (Å²) in [6.45, 7) is 4.67. The SMILES string of the molecule is CC(C)[C@H](OC(=O)c1ccccc1)[C@@]1(CO)NC(=O)[C@H](C)[C@@H]1O. The first-order chi connectivity index (χ1) is 10.8. The monoisotopic (exact) mass is 321 g/mol. The van der Waals surface area contributed by atoms with Crippen molar-refractivity contribution in [2.75, 3.05) is 6.61 Å². The van der Waals surface area contributed by atoms with Crippen LogP contribution in [0.15, 0.2) is 30.3 Å². The molecule has 6 heteroatoms. The van der Waals surface area contributed by atoms with E-state index in [0.29, 0.717) is 5.56 Å². The zero-order valence-electron chi connectivity index (χ0n) is 13.5. The summed E-state index contributed by atoms with van der Waals surface area (Å²) in [5.41, 5.74) is -1.02. The smallest absolute Gasteiger partial charge is 0.338 e. The summed E-state index contributed by atoms with van der Waals surface area (Å²) in [5, 5.41) is 22.9. The van der Waals surface area contributed by atoms with Crippen LogP contribution in [-0.2, 0) is 9.53 Å². The summed E-state index contributed by atoms with van der Waals surface area (Å²) in [7, 11) is 0. The predicted octanol–water partition coefficient (Wildman–Crippen LogP) is 0.726. The van der Waals surface area contributed by atoms with Gasteiger partial charge in [0.25, 0.3) is 0 Å². The summed E-state index contributed by atoms with van der Waals surface area (Å²) in [6, 6.07) is 8.47. The maximum absolute atomic E-state index is 12.3. The highest BCUT2D eigenvalue weighted by molar-refractivity contribution is 5.89. The fourth-order valence-corrected chi connectivity index (χ4v) is 3.06. The van der Waals surface area contributed by atoms with E-state index in [2.05, 4.69) is 5.32 Å². The number of carbonyl (C=O) groups is 2. The highest BCUT2D eigenvalue weighted by Crippen LogP contribution is 2.34. The van der Waals surface area contributed by atoms with Gasteiger partial charge >= 0.3 is 5.97 Å². The topological polar surface area (TPSA) is 95.9 Å². The molecule has 1 aliphatic rings. The molecule has 126 valence electrons. The summed E-state index contributed by atoms with van der Waals surface area (Å²) in [6.07, 6.45) is -2.00. The summed E-state index contributed by atoms with van der Waals surface area (Å²) >= 11 is 0. The molecule has 6 nitrogen and oxygen atoms in total. The van der Waals surface area contributed by atoms with E-state index < -0.39 is 36.2 Å². The summed E-state index contributed by atoms with van der Waals surface area (Å²) in [5.74, 6) is -1.82. The second kappa shape index (κ2) is 6.68. The van der Waals surface area contributed by atoms with Crippen molar-refractivity contribution in [2.24, 2.45) is 11.8 Å². The lowest BCUT2D eigenvalue weighted by Crippen LogP contribution is -2.63. The molecule has 0 aromatic heterocycles. The molecule has 23 heavy (non-hydrogen) atoms. The number of nitrogens with one attached hydrogen (secondary N) is 1. The molecule has 1 aromatic rings. The van der Waals surface area contributed by atoms with Crippen molar-refractivity contribution in [3.8, 4) is 0 Å². The Balaban J connectivity index is 2.31. The Hall–Kier alpha value is -1.92. The lowest BCUT2D eigenvalue weighted by Gasteiger charge is -2.40. The maximum atomic E-state index is 12.3. The van der Waals surface area contributed by atoms with Crippen molar-refractivity contribution >= 4 is 11.9 Å². The van der Waals surface area contributed by atoms with Gasteiger partial charge in [-0.2, -0.15) is 0 Å². The molecule has 4 atom stereocenters. The highest BCUT2D eigenvalue weighted by atomic mass is 16.5. The number of aliphatic hydroxyl groups excluding tert-OH is 2. The number of rotatable bonds is 5. The molecule has 1 aliphatic heterocycles. The number of hydrogen-bond acceptors (Lipinski definition) is 5. The number of aliphatic hydroxyl groups is 2. The lowest BCUT2D eigenvalue weighted by atomic mass is 9.80. The molecular weight excluding hydrogens is 298 g/mol. The third kappa shape index (κ3) is 3.09. The first-order valence-electron chi connectivity index (χ1n) is 7.70. The third-order valence-corrected chi connectivity index (χ3v) is 4.39. The molecule has 0 radical (unpaired) electrons. The highest BCUT2D eigenvalue weighted by Gasteiger charge is 2.57. The van der Waals surface area contributed by atoms with Gasteiger partial charge in [0, 0.05) is 0 Å². The van der Waals surface area contributed by atoms with Gasteiger partial charge in [-0.1, -0.05) is 39.0 Å². The molecule has 0 bridgehead atoms. The number of benzene rings is 1. The molecule has 1 fully saturated rings. The van der Waals surface area contributed by atoms with Crippen LogP contribution < -0.4 is 5.32 Å². The average Bonchev–Trinajstić information content (AvgIpc) is 2.77. The van der Waals surface area contributed by atoms with Gasteiger partial charge in [-0.3, -0.25) is 4.79 Å². The molecule has 0 saturated carbocycles. The minimum Gasteiger partial charge on any atom is -0.456 e. The summed E-state index contributed by atoms with van der Waals surface area (Å²) < 4.78 is 5.57. The normalized spacial score (nSPS) is 28.5. The van der Waals surface area contributed by atoms with Crippen molar-refractivity contribution in [3.63, 3.8) is 0 Å². The van der Waals surface area contributed by atoms with Crippen molar-refractivity contribution in [2.45, 2.75) is 38.5 Å². The van der Waals surface area contributed by atoms with Gasteiger partial charge in [0.2, 0.25) is 5.91 Å². The van der Waals surface area contributed by atoms with E-state index in [4.69, 9.17) is 4.74 Å². The van der Waals surface area contributed by atoms with E-state index in [9.17, 15) is 19.8 Å². The Kier molecular flexibility index (Phi) is 5.06. The molecule has 1 amide bonds. The first kappa shape index (κ1) is 17.4. The van der Waals surface area contributed by atoms with Gasteiger partial charge < -0.3 is 20.3 Å². The number of amides is 1. The van der Waals surface area contributed by atoms with E-state index in [-0.39, 0.29) is 11.8 Å². The Morgan fingerprint density at radius 1 is 1.35 bits per heavy atom. The Morgan fingerprint density at radius 3 is 2.39 bits per heavy atom. The maximum Gasteiger partial charge on any atom is 0.338 e. The van der Waals surface area contributed by atoms with Crippen LogP contribution in [0.25, 0.3) is 0 Å². The first-order valence-corrected chi connectivity index (χ1v) is 7.70. The van der Waals surface area contributed by atoms with Gasteiger partial charge in [-0.05, 0) is 18.1 Å². The van der Waals surface area contributed by atoms with Gasteiger partial charge in [0.1, 0.15) is 11.6 Å². The quantitative estimate of drug-likeness (QED) is 0.695. The fraction of sp³-hybridized carbons (Fsp3) is 0.529. The van der Waals surface area contributed by atoms with Crippen molar-refractivity contribution in [3.05, 3.63) is 35.9 Å². The van der Waals surface area contributed by atoms with Crippen molar-refractivity contribution < 1.29 is 24.5 Å². The van der Waals surface area contributed by atoms with Crippen LogP contribution in [-0.4, -0.2) is 46.4 Å². The number of hydrogen-bond donors (Lipinski definition) is 3. The van der Waals surface area contributed by atoms with Crippen molar-refractivity contribution in [1.29, 1.82) is 0 Å². The molecule has 1 saturated heterocycles. The molecule has 3 N–H and O–H groups in total. The molecule has 0 spiro atoms. The van der Waals surface area contributed by atoms with Gasteiger partial charge in [0.05, 0.1) is 24.2 Å². The van der Waals surface area contributed by atoms with E-state index in [0.717, 1.165) is 0 Å². The molecule has 1 heterocycles. The molecule has 0 aliphatic carbocycles. The van der Waals surface area contributed by atoms with Crippen LogP contribution in [0.2, 0.25) is 0 Å². The molecule has 0 unspecified atom stereocenters. The average molecular weight is 321 g/mol. The second-order valence-corrected chi connectivity index (χ2v) is 6.36. The van der Waals surface area contributed by atoms with Crippen LogP contribution in [0.1, 0.15) is 31.1 Å². The Morgan fingerprint density at radius 2 is 1.96 bits per heavy atom. The fourth-order valence-electron chi connectivity index (χ4n) is 3.06. The molecular formula is C17H23NO5. The molecule has 1 aromatic carbocycles. The van der Waals surface area contributed by atoms with Crippen LogP contribution in [0, 0.1) is 11.8 Å². The number of carbonyl (C=O) groups excluding carboxylic acids is 2. The third-order valence-electron chi connectivity index (χ3n) is 4.39. The zero-order chi connectivity index (χ0) is 17.2. The Labute approximate surface area is 135 Å². The van der Waals surface area contributed by atoms with Crippen LogP contribution >= 0.6 is 0 Å². The van der Waals surface area contributed by atoms with Crippen LogP contribution in [0.4, 0.5) is 0 Å². The van der Waals surface area contributed by atoms with E-state index in [1.807, 2.05) is 13.8 Å². The lowest BCUT2D eigenvalue weighted by molar-refractivity contribution is -0.123. The predicted molar refractivity (Wildman–Crippen MR) is 83.6 cm³/mol. The standard InChI is InChI=1S/C17H23NO5/c1-10(2)14(23-16(22)12-7-5-4-6-8-12)17(9-19)13(20)11(3)15(21)18-17/h4-8,10-11,13-14,19-20H,9H2,1-3H3,(H,18,21)/t11-,13+,14+,17+/m1/s1. The van der Waals surface area contributed by atoms with E-state index in [1.54, 1.807) is 37.3 Å². The molecule has 2 rings (SSSR count). The van der Waals surface area contributed by atoms with Gasteiger partial charge in [0.15, 0.2) is 0 Å². The second-order valence-electron chi connectivity index (χ2n) is 6.36. The zero-order valence-corrected chi connectivity index (χ0v) is 13.5. The number of ether oxygens (including phenoxy) is 1. The van der Waals surface area contributed by atoms with Gasteiger partial charge in [-0.25, -0.2) is 4.79 Å². The number of esters is 1. The minimum absolute atomic E-state index is 0.213. The Bertz CT molecular complexity index is 574. The van der Waals surface area contributed by atoms with E-state index >= 15 is 0 Å². The van der Waals surface area contributed by atoms with E-state index in [1.165, 1.54) is 0 Å². The van der Waals surface area contributed by atoms with Crippen LogP contribution in [0.3, 0.4) is 0 Å².